The van der Waals surface area contributed by atoms with E-state index in [0.717, 1.165) is 12.0 Å². The van der Waals surface area contributed by atoms with E-state index in [-0.39, 0.29) is 36.1 Å². The van der Waals surface area contributed by atoms with E-state index in [4.69, 9.17) is 23.7 Å². The highest BCUT2D eigenvalue weighted by Gasteiger charge is 2.64. The van der Waals surface area contributed by atoms with Crippen LogP contribution in [0.5, 0.6) is 0 Å². The third-order valence-electron chi connectivity index (χ3n) is 6.83. The van der Waals surface area contributed by atoms with Crippen molar-refractivity contribution < 1.29 is 23.7 Å². The minimum absolute atomic E-state index is 0.0514. The molecule has 0 unspecified atom stereocenters. The second-order valence-electron chi connectivity index (χ2n) is 8.91. The average Bonchev–Trinajstić information content (AvgIpc) is 3.27. The summed E-state index contributed by atoms with van der Waals surface area (Å²) in [6.07, 6.45) is -0.600. The van der Waals surface area contributed by atoms with Gasteiger partial charge in [0.25, 0.3) is 0 Å². The van der Waals surface area contributed by atoms with E-state index in [1.165, 1.54) is 5.56 Å². The quantitative estimate of drug-likeness (QED) is 0.712. The molecule has 2 heterocycles. The Labute approximate surface area is 178 Å². The van der Waals surface area contributed by atoms with E-state index < -0.39 is 6.29 Å². The van der Waals surface area contributed by atoms with Gasteiger partial charge < -0.3 is 23.7 Å². The summed E-state index contributed by atoms with van der Waals surface area (Å²) in [5, 5.41) is 0. The molecular formula is C25H30O5. The maximum atomic E-state index is 6.54. The Kier molecular flexibility index (Phi) is 5.42. The Morgan fingerprint density at radius 1 is 0.933 bits per heavy atom. The highest BCUT2D eigenvalue weighted by molar-refractivity contribution is 5.30. The first-order valence-corrected chi connectivity index (χ1v) is 10.8. The van der Waals surface area contributed by atoms with Crippen LogP contribution in [0, 0.1) is 5.41 Å². The van der Waals surface area contributed by atoms with Gasteiger partial charge in [-0.05, 0) is 30.4 Å². The van der Waals surface area contributed by atoms with Gasteiger partial charge in [0, 0.05) is 12.5 Å². The number of benzene rings is 2. The number of hydrogen-bond donors (Lipinski definition) is 0. The van der Waals surface area contributed by atoms with Gasteiger partial charge in [-0.3, -0.25) is 0 Å². The van der Waals surface area contributed by atoms with Crippen LogP contribution in [-0.4, -0.2) is 44.1 Å². The smallest absolute Gasteiger partial charge is 0.186 e. The van der Waals surface area contributed by atoms with E-state index in [0.29, 0.717) is 12.5 Å². The van der Waals surface area contributed by atoms with Crippen LogP contribution in [0.1, 0.15) is 37.3 Å². The molecule has 3 aliphatic rings. The topological polar surface area (TPSA) is 46.2 Å². The van der Waals surface area contributed by atoms with Crippen LogP contribution >= 0.6 is 0 Å². The van der Waals surface area contributed by atoms with Crippen LogP contribution in [-0.2, 0) is 30.3 Å². The lowest BCUT2D eigenvalue weighted by Crippen LogP contribution is -2.56. The van der Waals surface area contributed by atoms with Crippen LogP contribution in [0.3, 0.4) is 0 Å². The lowest BCUT2D eigenvalue weighted by atomic mass is 9.99. The molecule has 5 rings (SSSR count). The van der Waals surface area contributed by atoms with Gasteiger partial charge in [0.15, 0.2) is 12.6 Å². The molecule has 160 valence electrons. The fourth-order valence-electron chi connectivity index (χ4n) is 4.91. The molecule has 2 aliphatic heterocycles. The molecule has 2 saturated heterocycles. The first-order valence-electron chi connectivity index (χ1n) is 10.8. The number of rotatable bonds is 6. The fraction of sp³-hybridized carbons (Fsp3) is 0.520. The standard InChI is InChI=1S/C25H30O5/c1-16-20(27-15-17-10-6-4-7-11-17)21-22(23(26-3)28-16)30-24(29-21)25(2)14-19(25)18-12-8-5-9-13-18/h4-13,16,19-24H,14-15H2,1-3H3/t16-,19-,20-,21+,22+,23+,24-,25+/m0/s1. The maximum Gasteiger partial charge on any atom is 0.186 e. The molecule has 0 bridgehead atoms. The van der Waals surface area contributed by atoms with Crippen molar-refractivity contribution in [2.45, 2.75) is 69.8 Å². The Morgan fingerprint density at radius 2 is 1.60 bits per heavy atom. The fourth-order valence-corrected chi connectivity index (χ4v) is 4.91. The zero-order chi connectivity index (χ0) is 20.7. The SMILES string of the molecule is CO[C@@H]1O[C@@H](C)[C@H](OCc2ccccc2)[C@H]2O[C@H]([C@]3(C)C[C@H]3c3ccccc3)O[C@@H]12. The molecule has 1 saturated carbocycles. The minimum Gasteiger partial charge on any atom is -0.368 e. The Morgan fingerprint density at radius 3 is 2.30 bits per heavy atom. The predicted molar refractivity (Wildman–Crippen MR) is 112 cm³/mol. The van der Waals surface area contributed by atoms with Crippen molar-refractivity contribution in [2.24, 2.45) is 5.41 Å². The molecule has 0 N–H and O–H groups in total. The highest BCUT2D eigenvalue weighted by Crippen LogP contribution is 2.63. The largest absolute Gasteiger partial charge is 0.368 e. The molecule has 1 aliphatic carbocycles. The van der Waals surface area contributed by atoms with Gasteiger partial charge in [0.05, 0.1) is 12.7 Å². The molecule has 0 spiro atoms. The summed E-state index contributed by atoms with van der Waals surface area (Å²) in [6.45, 7) is 4.77. The van der Waals surface area contributed by atoms with Gasteiger partial charge in [-0.2, -0.15) is 0 Å². The molecule has 5 nitrogen and oxygen atoms in total. The Bertz CT molecular complexity index is 843. The third-order valence-corrected chi connectivity index (χ3v) is 6.83. The molecule has 3 fully saturated rings. The Balaban J connectivity index is 1.32. The second-order valence-corrected chi connectivity index (χ2v) is 8.91. The molecule has 30 heavy (non-hydrogen) atoms. The molecule has 0 aromatic heterocycles. The summed E-state index contributed by atoms with van der Waals surface area (Å²) in [4.78, 5) is 0. The van der Waals surface area contributed by atoms with Crippen molar-refractivity contribution in [3.05, 3.63) is 71.8 Å². The van der Waals surface area contributed by atoms with E-state index in [2.05, 4.69) is 49.4 Å². The van der Waals surface area contributed by atoms with Crippen molar-refractivity contribution in [1.29, 1.82) is 0 Å². The number of methoxy groups -OCH3 is 1. The third kappa shape index (κ3) is 3.59. The molecule has 8 atom stereocenters. The number of hydrogen-bond acceptors (Lipinski definition) is 5. The van der Waals surface area contributed by atoms with E-state index in [1.54, 1.807) is 7.11 Å². The zero-order valence-corrected chi connectivity index (χ0v) is 17.8. The number of ether oxygens (including phenoxy) is 5. The summed E-state index contributed by atoms with van der Waals surface area (Å²) in [5.41, 5.74) is 2.42. The van der Waals surface area contributed by atoms with Crippen molar-refractivity contribution >= 4 is 0 Å². The van der Waals surface area contributed by atoms with E-state index in [9.17, 15) is 0 Å². The van der Waals surface area contributed by atoms with Gasteiger partial charge in [-0.15, -0.1) is 0 Å². The van der Waals surface area contributed by atoms with Crippen LogP contribution < -0.4 is 0 Å². The highest BCUT2D eigenvalue weighted by atomic mass is 16.8. The first kappa shape index (κ1) is 20.2. The van der Waals surface area contributed by atoms with Gasteiger partial charge in [-0.25, -0.2) is 0 Å². The van der Waals surface area contributed by atoms with Crippen LogP contribution in [0.4, 0.5) is 0 Å². The first-order chi connectivity index (χ1) is 14.6. The van der Waals surface area contributed by atoms with Gasteiger partial charge >= 0.3 is 0 Å². The summed E-state index contributed by atoms with van der Waals surface area (Å²) in [5.74, 6) is 0.437. The average molecular weight is 411 g/mol. The van der Waals surface area contributed by atoms with E-state index >= 15 is 0 Å². The molecule has 2 aromatic carbocycles. The van der Waals surface area contributed by atoms with Gasteiger partial charge in [0.2, 0.25) is 0 Å². The maximum absolute atomic E-state index is 6.54. The number of fused-ring (bicyclic) bond motifs is 1. The lowest BCUT2D eigenvalue weighted by molar-refractivity contribution is -0.270. The van der Waals surface area contributed by atoms with Crippen LogP contribution in [0.25, 0.3) is 0 Å². The van der Waals surface area contributed by atoms with Gasteiger partial charge in [-0.1, -0.05) is 67.6 Å². The van der Waals surface area contributed by atoms with E-state index in [1.807, 2.05) is 25.1 Å². The summed E-state index contributed by atoms with van der Waals surface area (Å²) < 4.78 is 30.9. The van der Waals surface area contributed by atoms with Crippen molar-refractivity contribution in [3.63, 3.8) is 0 Å². The molecule has 5 heteroatoms. The van der Waals surface area contributed by atoms with Crippen LogP contribution in [0.2, 0.25) is 0 Å². The van der Waals surface area contributed by atoms with Crippen molar-refractivity contribution in [2.75, 3.05) is 7.11 Å². The monoisotopic (exact) mass is 410 g/mol. The summed E-state index contributed by atoms with van der Waals surface area (Å²) >= 11 is 0. The van der Waals surface area contributed by atoms with Crippen LogP contribution in [0.15, 0.2) is 60.7 Å². The molecule has 0 amide bonds. The van der Waals surface area contributed by atoms with Crippen molar-refractivity contribution in [3.8, 4) is 0 Å². The summed E-state index contributed by atoms with van der Waals surface area (Å²) in [7, 11) is 1.65. The van der Waals surface area contributed by atoms with Gasteiger partial charge in [0.1, 0.15) is 18.3 Å². The van der Waals surface area contributed by atoms with Crippen molar-refractivity contribution in [1.82, 2.24) is 0 Å². The Hall–Kier alpha value is -1.76. The second kappa shape index (κ2) is 8.06. The summed E-state index contributed by atoms with van der Waals surface area (Å²) in [6, 6.07) is 20.8. The molecular weight excluding hydrogens is 380 g/mol. The predicted octanol–water partition coefficient (Wildman–Crippen LogP) is 4.27. The molecule has 0 radical (unpaired) electrons. The minimum atomic E-state index is -0.455. The lowest BCUT2D eigenvalue weighted by Gasteiger charge is -2.40. The zero-order valence-electron chi connectivity index (χ0n) is 17.8. The normalized spacial score (nSPS) is 40.2. The molecule has 2 aromatic rings.